The second-order valence-corrected chi connectivity index (χ2v) is 5.54. The molecule has 0 bridgehead atoms. The first kappa shape index (κ1) is 16.0. The van der Waals surface area contributed by atoms with E-state index < -0.39 is 6.10 Å². The number of pyridine rings is 1. The van der Waals surface area contributed by atoms with Gasteiger partial charge < -0.3 is 14.6 Å². The lowest BCUT2D eigenvalue weighted by atomic mass is 10.3. The normalized spacial score (nSPS) is 12.1. The average molecular weight is 324 g/mol. The number of nitrogens with one attached hydrogen (secondary N) is 1. The van der Waals surface area contributed by atoms with Gasteiger partial charge in [0.25, 0.3) is 5.91 Å². The van der Waals surface area contributed by atoms with Gasteiger partial charge in [-0.25, -0.2) is 4.98 Å². The summed E-state index contributed by atoms with van der Waals surface area (Å²) in [5, 5.41) is 2.90. The first-order valence-electron chi connectivity index (χ1n) is 7.91. The van der Waals surface area contributed by atoms with Crippen molar-refractivity contribution < 1.29 is 9.53 Å². The van der Waals surface area contributed by atoms with Crippen molar-refractivity contribution in [2.24, 2.45) is 0 Å². The standard InChI is InChI=1S/C18H20N4O2/c1-13(24-15-6-5-9-19-12-15)18(23)20-10-11-22-14(2)21-16-7-3-4-8-17(16)22/h3-9,12-13H,10-11H2,1-2H3,(H,20,23). The highest BCUT2D eigenvalue weighted by Crippen LogP contribution is 2.15. The van der Waals surface area contributed by atoms with Crippen molar-refractivity contribution in [3.8, 4) is 5.75 Å². The van der Waals surface area contributed by atoms with E-state index >= 15 is 0 Å². The van der Waals surface area contributed by atoms with Gasteiger partial charge in [-0.1, -0.05) is 12.1 Å². The molecule has 2 aromatic heterocycles. The van der Waals surface area contributed by atoms with Crippen LogP contribution < -0.4 is 10.1 Å². The molecule has 0 aliphatic heterocycles. The zero-order chi connectivity index (χ0) is 16.9. The van der Waals surface area contributed by atoms with Gasteiger partial charge in [0.05, 0.1) is 17.2 Å². The van der Waals surface area contributed by atoms with Crippen LogP contribution in [0.15, 0.2) is 48.8 Å². The molecule has 0 saturated carbocycles. The third-order valence-corrected chi connectivity index (χ3v) is 3.80. The Balaban J connectivity index is 1.55. The number of aromatic nitrogens is 3. The lowest BCUT2D eigenvalue weighted by molar-refractivity contribution is -0.127. The summed E-state index contributed by atoms with van der Waals surface area (Å²) in [4.78, 5) is 20.6. The van der Waals surface area contributed by atoms with Crippen LogP contribution in [0, 0.1) is 6.92 Å². The van der Waals surface area contributed by atoms with Gasteiger partial charge in [-0.05, 0) is 38.1 Å². The summed E-state index contributed by atoms with van der Waals surface area (Å²) < 4.78 is 7.66. The van der Waals surface area contributed by atoms with Gasteiger partial charge >= 0.3 is 0 Å². The molecule has 0 radical (unpaired) electrons. The van der Waals surface area contributed by atoms with Crippen molar-refractivity contribution in [2.75, 3.05) is 6.54 Å². The Labute approximate surface area is 140 Å². The van der Waals surface area contributed by atoms with E-state index in [0.29, 0.717) is 18.8 Å². The van der Waals surface area contributed by atoms with Crippen molar-refractivity contribution >= 4 is 16.9 Å². The van der Waals surface area contributed by atoms with Crippen molar-refractivity contribution in [1.29, 1.82) is 0 Å². The van der Waals surface area contributed by atoms with Crippen LogP contribution >= 0.6 is 0 Å². The number of para-hydroxylation sites is 2. The monoisotopic (exact) mass is 324 g/mol. The number of benzene rings is 1. The maximum absolute atomic E-state index is 12.1. The smallest absolute Gasteiger partial charge is 0.260 e. The van der Waals surface area contributed by atoms with E-state index in [4.69, 9.17) is 4.74 Å². The summed E-state index contributed by atoms with van der Waals surface area (Å²) in [5.41, 5.74) is 2.04. The predicted molar refractivity (Wildman–Crippen MR) is 91.8 cm³/mol. The molecule has 2 heterocycles. The molecule has 0 aliphatic carbocycles. The number of rotatable bonds is 6. The van der Waals surface area contributed by atoms with Crippen LogP contribution in [0.4, 0.5) is 0 Å². The molecule has 0 spiro atoms. The van der Waals surface area contributed by atoms with Gasteiger partial charge in [0.15, 0.2) is 6.10 Å². The minimum absolute atomic E-state index is 0.152. The largest absolute Gasteiger partial charge is 0.479 e. The molecule has 3 aromatic rings. The first-order valence-corrected chi connectivity index (χ1v) is 7.91. The molecule has 1 N–H and O–H groups in total. The number of nitrogens with zero attached hydrogens (tertiary/aromatic N) is 3. The average Bonchev–Trinajstić information content (AvgIpc) is 2.91. The maximum Gasteiger partial charge on any atom is 0.260 e. The molecule has 6 nitrogen and oxygen atoms in total. The van der Waals surface area contributed by atoms with Gasteiger partial charge in [0, 0.05) is 19.3 Å². The van der Waals surface area contributed by atoms with Crippen molar-refractivity contribution in [2.45, 2.75) is 26.5 Å². The molecule has 24 heavy (non-hydrogen) atoms. The molecule has 0 aliphatic rings. The Morgan fingerprint density at radius 2 is 2.12 bits per heavy atom. The van der Waals surface area contributed by atoms with Crippen molar-refractivity contribution in [3.05, 3.63) is 54.6 Å². The number of hydrogen-bond acceptors (Lipinski definition) is 4. The Morgan fingerprint density at radius 1 is 1.29 bits per heavy atom. The molecule has 6 heteroatoms. The lowest BCUT2D eigenvalue weighted by Gasteiger charge is -2.15. The van der Waals surface area contributed by atoms with Gasteiger partial charge in [0.1, 0.15) is 11.6 Å². The Kier molecular flexibility index (Phi) is 4.74. The molecule has 3 rings (SSSR count). The molecular formula is C18H20N4O2. The molecule has 1 atom stereocenters. The number of amides is 1. The minimum atomic E-state index is -0.574. The summed E-state index contributed by atoms with van der Waals surface area (Å²) in [6.45, 7) is 4.87. The molecule has 0 fully saturated rings. The number of ether oxygens (including phenoxy) is 1. The summed E-state index contributed by atoms with van der Waals surface area (Å²) in [7, 11) is 0. The Morgan fingerprint density at radius 3 is 2.92 bits per heavy atom. The zero-order valence-corrected chi connectivity index (χ0v) is 13.8. The number of aryl methyl sites for hydroxylation is 1. The fourth-order valence-corrected chi connectivity index (χ4v) is 2.59. The number of carbonyl (C=O) groups excluding carboxylic acids is 1. The third kappa shape index (κ3) is 3.53. The second kappa shape index (κ2) is 7.12. The molecule has 0 saturated heterocycles. The Bertz CT molecular complexity index is 829. The van der Waals surface area contributed by atoms with Crippen molar-refractivity contribution in [3.63, 3.8) is 0 Å². The van der Waals surface area contributed by atoms with Crippen LogP contribution in [-0.2, 0) is 11.3 Å². The summed E-state index contributed by atoms with van der Waals surface area (Å²) in [6.07, 6.45) is 2.68. The fourth-order valence-electron chi connectivity index (χ4n) is 2.59. The SMILES string of the molecule is Cc1nc2ccccc2n1CCNC(=O)C(C)Oc1cccnc1. The minimum Gasteiger partial charge on any atom is -0.479 e. The van der Waals surface area contributed by atoms with Crippen LogP contribution in [0.25, 0.3) is 11.0 Å². The highest BCUT2D eigenvalue weighted by Gasteiger charge is 2.14. The fraction of sp³-hybridized carbons (Fsp3) is 0.278. The van der Waals surface area contributed by atoms with Gasteiger partial charge in [-0.2, -0.15) is 0 Å². The van der Waals surface area contributed by atoms with Crippen LogP contribution in [0.5, 0.6) is 5.75 Å². The molecule has 124 valence electrons. The van der Waals surface area contributed by atoms with E-state index in [2.05, 4.69) is 19.9 Å². The van der Waals surface area contributed by atoms with E-state index in [1.165, 1.54) is 0 Å². The number of carbonyl (C=O) groups is 1. The number of fused-ring (bicyclic) bond motifs is 1. The first-order chi connectivity index (χ1) is 11.6. The Hall–Kier alpha value is -2.89. The zero-order valence-electron chi connectivity index (χ0n) is 13.8. The van der Waals surface area contributed by atoms with Crippen LogP contribution in [0.1, 0.15) is 12.7 Å². The molecule has 1 unspecified atom stereocenters. The highest BCUT2D eigenvalue weighted by atomic mass is 16.5. The molecule has 1 aromatic carbocycles. The second-order valence-electron chi connectivity index (χ2n) is 5.54. The summed E-state index contributed by atoms with van der Waals surface area (Å²) >= 11 is 0. The topological polar surface area (TPSA) is 69.0 Å². The van der Waals surface area contributed by atoms with E-state index in [9.17, 15) is 4.79 Å². The summed E-state index contributed by atoms with van der Waals surface area (Å²) in [6, 6.07) is 11.5. The van der Waals surface area contributed by atoms with E-state index in [-0.39, 0.29) is 5.91 Å². The third-order valence-electron chi connectivity index (χ3n) is 3.80. The maximum atomic E-state index is 12.1. The van der Waals surface area contributed by atoms with Crippen LogP contribution in [0.2, 0.25) is 0 Å². The quantitative estimate of drug-likeness (QED) is 0.755. The number of imidazole rings is 1. The van der Waals surface area contributed by atoms with Gasteiger partial charge in [0.2, 0.25) is 0 Å². The van der Waals surface area contributed by atoms with Gasteiger partial charge in [-0.3, -0.25) is 9.78 Å². The van der Waals surface area contributed by atoms with E-state index in [1.807, 2.05) is 31.2 Å². The summed E-state index contributed by atoms with van der Waals surface area (Å²) in [5.74, 6) is 1.36. The van der Waals surface area contributed by atoms with Crippen molar-refractivity contribution in [1.82, 2.24) is 19.9 Å². The van der Waals surface area contributed by atoms with Crippen LogP contribution in [-0.4, -0.2) is 33.1 Å². The predicted octanol–water partition coefficient (Wildman–Crippen LogP) is 2.32. The molecular weight excluding hydrogens is 304 g/mol. The number of hydrogen-bond donors (Lipinski definition) is 1. The van der Waals surface area contributed by atoms with Gasteiger partial charge in [-0.15, -0.1) is 0 Å². The van der Waals surface area contributed by atoms with Crippen LogP contribution in [0.3, 0.4) is 0 Å². The molecule has 1 amide bonds. The van der Waals surface area contributed by atoms with E-state index in [0.717, 1.165) is 16.9 Å². The van der Waals surface area contributed by atoms with E-state index in [1.54, 1.807) is 31.5 Å². The highest BCUT2D eigenvalue weighted by molar-refractivity contribution is 5.80. The lowest BCUT2D eigenvalue weighted by Crippen LogP contribution is -2.38.